The van der Waals surface area contributed by atoms with Gasteiger partial charge in [-0.1, -0.05) is 18.3 Å². The lowest BCUT2D eigenvalue weighted by Gasteiger charge is -2.33. The van der Waals surface area contributed by atoms with Crippen LogP contribution in [-0.4, -0.2) is 29.2 Å². The molecule has 0 saturated carbocycles. The number of thiocarbonyl (C=S) groups is 1. The molecule has 2 N–H and O–H groups in total. The summed E-state index contributed by atoms with van der Waals surface area (Å²) in [7, 11) is 0. The number of piperidine rings is 1. The number of hydrogen-bond donors (Lipinski definition) is 1. The van der Waals surface area contributed by atoms with E-state index in [1.54, 1.807) is 18.2 Å². The molecule has 0 aliphatic carbocycles. The quantitative estimate of drug-likeness (QED) is 0.849. The van der Waals surface area contributed by atoms with Crippen LogP contribution in [0.15, 0.2) is 18.2 Å². The highest BCUT2D eigenvalue weighted by molar-refractivity contribution is 7.80. The smallest absolute Gasteiger partial charge is 0.388 e. The molecule has 19 heavy (non-hydrogen) atoms. The van der Waals surface area contributed by atoms with E-state index in [0.717, 1.165) is 0 Å². The van der Waals surface area contributed by atoms with Gasteiger partial charge in [0.05, 0.1) is 11.6 Å². The molecule has 104 valence electrons. The number of rotatable bonds is 2. The Hall–Kier alpha value is -1.37. The molecule has 0 amide bonds. The molecule has 1 aliphatic heterocycles. The fourth-order valence-corrected chi connectivity index (χ4v) is 2.29. The molecular formula is C12H14F3N3S. The minimum Gasteiger partial charge on any atom is -0.388 e. The van der Waals surface area contributed by atoms with Crippen LogP contribution in [0.3, 0.4) is 0 Å². The van der Waals surface area contributed by atoms with Gasteiger partial charge in [0.2, 0.25) is 0 Å². The first-order valence-electron chi connectivity index (χ1n) is 5.96. The predicted molar refractivity (Wildman–Crippen MR) is 71.1 cm³/mol. The van der Waals surface area contributed by atoms with Gasteiger partial charge in [-0.3, -0.25) is 0 Å². The van der Waals surface area contributed by atoms with Gasteiger partial charge in [-0.25, -0.2) is 4.98 Å². The second-order valence-electron chi connectivity index (χ2n) is 4.55. The molecule has 0 unspecified atom stereocenters. The van der Waals surface area contributed by atoms with Gasteiger partial charge in [0, 0.05) is 13.1 Å². The predicted octanol–water partition coefficient (Wildman–Crippen LogP) is 2.49. The molecule has 1 aromatic rings. The number of nitrogens with zero attached hydrogens (tertiary/aromatic N) is 2. The summed E-state index contributed by atoms with van der Waals surface area (Å²) in [5, 5.41) is 0. The summed E-state index contributed by atoms with van der Waals surface area (Å²) in [4.78, 5) is 6.29. The second-order valence-corrected chi connectivity index (χ2v) is 4.99. The summed E-state index contributed by atoms with van der Waals surface area (Å²) < 4.78 is 37.7. The highest BCUT2D eigenvalue weighted by atomic mass is 32.1. The van der Waals surface area contributed by atoms with Crippen molar-refractivity contribution in [3.8, 4) is 0 Å². The third kappa shape index (κ3) is 3.34. The number of alkyl halides is 3. The number of aromatic nitrogens is 1. The maximum absolute atomic E-state index is 12.6. The number of nitrogens with two attached hydrogens (primary N) is 1. The molecule has 0 atom stereocenters. The van der Waals surface area contributed by atoms with Crippen LogP contribution in [0.5, 0.6) is 0 Å². The highest BCUT2D eigenvalue weighted by Gasteiger charge is 2.41. The third-order valence-electron chi connectivity index (χ3n) is 3.27. The van der Waals surface area contributed by atoms with Gasteiger partial charge < -0.3 is 10.6 Å². The van der Waals surface area contributed by atoms with Crippen molar-refractivity contribution in [1.82, 2.24) is 4.98 Å². The van der Waals surface area contributed by atoms with E-state index in [1.807, 2.05) is 4.90 Å². The molecule has 3 nitrogen and oxygen atoms in total. The van der Waals surface area contributed by atoms with Crippen molar-refractivity contribution in [3.63, 3.8) is 0 Å². The van der Waals surface area contributed by atoms with Crippen molar-refractivity contribution in [2.24, 2.45) is 11.7 Å². The Morgan fingerprint density at radius 3 is 2.47 bits per heavy atom. The zero-order valence-corrected chi connectivity index (χ0v) is 11.0. The molecular weight excluding hydrogens is 275 g/mol. The molecule has 1 fully saturated rings. The molecule has 0 aromatic carbocycles. The van der Waals surface area contributed by atoms with Crippen LogP contribution >= 0.6 is 12.2 Å². The van der Waals surface area contributed by atoms with Crippen molar-refractivity contribution in [1.29, 1.82) is 0 Å². The first kappa shape index (κ1) is 14.0. The molecule has 1 saturated heterocycles. The fourth-order valence-electron chi connectivity index (χ4n) is 2.17. The number of hydrogen-bond acceptors (Lipinski definition) is 3. The first-order chi connectivity index (χ1) is 8.88. The van der Waals surface area contributed by atoms with Gasteiger partial charge >= 0.3 is 6.18 Å². The van der Waals surface area contributed by atoms with Gasteiger partial charge in [0.25, 0.3) is 0 Å². The highest BCUT2D eigenvalue weighted by Crippen LogP contribution is 2.34. The summed E-state index contributed by atoms with van der Waals surface area (Å²) in [6.45, 7) is 0.690. The molecule has 2 rings (SSSR count). The lowest BCUT2D eigenvalue weighted by Crippen LogP contribution is -2.39. The number of anilines is 1. The maximum Gasteiger partial charge on any atom is 0.391 e. The van der Waals surface area contributed by atoms with E-state index in [9.17, 15) is 13.2 Å². The largest absolute Gasteiger partial charge is 0.391 e. The van der Waals surface area contributed by atoms with E-state index in [4.69, 9.17) is 18.0 Å². The maximum atomic E-state index is 12.6. The van der Waals surface area contributed by atoms with Crippen molar-refractivity contribution in [2.75, 3.05) is 18.0 Å². The van der Waals surface area contributed by atoms with Gasteiger partial charge in [-0.2, -0.15) is 13.2 Å². The Morgan fingerprint density at radius 2 is 1.95 bits per heavy atom. The molecule has 7 heteroatoms. The van der Waals surface area contributed by atoms with Crippen LogP contribution < -0.4 is 10.6 Å². The van der Waals surface area contributed by atoms with E-state index in [1.165, 1.54) is 0 Å². The second kappa shape index (κ2) is 5.32. The van der Waals surface area contributed by atoms with Crippen molar-refractivity contribution in [3.05, 3.63) is 23.9 Å². The van der Waals surface area contributed by atoms with E-state index in [-0.39, 0.29) is 17.8 Å². The van der Waals surface area contributed by atoms with Crippen LogP contribution in [0.2, 0.25) is 0 Å². The van der Waals surface area contributed by atoms with Crippen LogP contribution in [0.25, 0.3) is 0 Å². The molecule has 0 spiro atoms. The van der Waals surface area contributed by atoms with Gasteiger partial charge in [0.15, 0.2) is 0 Å². The van der Waals surface area contributed by atoms with Gasteiger partial charge in [-0.15, -0.1) is 0 Å². The molecule has 2 heterocycles. The summed E-state index contributed by atoms with van der Waals surface area (Å²) in [5.74, 6) is -0.576. The monoisotopic (exact) mass is 289 g/mol. The third-order valence-corrected chi connectivity index (χ3v) is 3.48. The van der Waals surface area contributed by atoms with E-state index < -0.39 is 12.1 Å². The topological polar surface area (TPSA) is 42.1 Å². The fraction of sp³-hybridized carbons (Fsp3) is 0.500. The first-order valence-corrected chi connectivity index (χ1v) is 6.37. The van der Waals surface area contributed by atoms with E-state index in [2.05, 4.69) is 4.98 Å². The Morgan fingerprint density at radius 1 is 1.32 bits per heavy atom. The van der Waals surface area contributed by atoms with E-state index >= 15 is 0 Å². The summed E-state index contributed by atoms with van der Waals surface area (Å²) in [5.41, 5.74) is 5.98. The summed E-state index contributed by atoms with van der Waals surface area (Å²) in [6.07, 6.45) is -3.90. The average molecular weight is 289 g/mol. The Kier molecular flexibility index (Phi) is 3.93. The standard InChI is InChI=1S/C12H14F3N3S/c13-12(14,15)8-4-6-18(7-5-8)10-3-1-2-9(17-10)11(16)19/h1-3,8H,4-7H2,(H2,16,19). The minimum absolute atomic E-state index is 0.0997. The zero-order valence-electron chi connectivity index (χ0n) is 10.2. The average Bonchev–Trinajstić information content (AvgIpc) is 2.38. The van der Waals surface area contributed by atoms with Crippen LogP contribution in [0, 0.1) is 5.92 Å². The SMILES string of the molecule is NC(=S)c1cccc(N2CCC(C(F)(F)F)CC2)n1. The molecule has 1 aliphatic rings. The Balaban J connectivity index is 2.05. The van der Waals surface area contributed by atoms with Crippen molar-refractivity contribution >= 4 is 23.0 Å². The van der Waals surface area contributed by atoms with Gasteiger partial charge in [0.1, 0.15) is 10.8 Å². The van der Waals surface area contributed by atoms with Crippen LogP contribution in [-0.2, 0) is 0 Å². The lowest BCUT2D eigenvalue weighted by atomic mass is 9.96. The van der Waals surface area contributed by atoms with Crippen LogP contribution in [0.4, 0.5) is 19.0 Å². The van der Waals surface area contributed by atoms with Crippen molar-refractivity contribution in [2.45, 2.75) is 19.0 Å². The van der Waals surface area contributed by atoms with Crippen LogP contribution in [0.1, 0.15) is 18.5 Å². The molecule has 1 aromatic heterocycles. The Labute approximate surface area is 114 Å². The lowest BCUT2D eigenvalue weighted by molar-refractivity contribution is -0.179. The molecule has 0 radical (unpaired) electrons. The zero-order chi connectivity index (χ0) is 14.0. The number of halogens is 3. The van der Waals surface area contributed by atoms with Crippen molar-refractivity contribution < 1.29 is 13.2 Å². The van der Waals surface area contributed by atoms with E-state index in [0.29, 0.717) is 24.6 Å². The Bertz CT molecular complexity index is 468. The normalized spacial score (nSPS) is 17.5. The molecule has 0 bridgehead atoms. The summed E-state index contributed by atoms with van der Waals surface area (Å²) >= 11 is 4.84. The minimum atomic E-state index is -4.10. The van der Waals surface area contributed by atoms with Gasteiger partial charge in [-0.05, 0) is 25.0 Å². The number of pyridine rings is 1. The summed E-state index contributed by atoms with van der Waals surface area (Å²) in [6, 6.07) is 5.21.